The summed E-state index contributed by atoms with van der Waals surface area (Å²) in [5.74, 6) is 0.884. The van der Waals surface area contributed by atoms with E-state index in [0.29, 0.717) is 0 Å². The van der Waals surface area contributed by atoms with Crippen LogP contribution in [0, 0.1) is 5.92 Å². The zero-order valence-corrected chi connectivity index (χ0v) is 6.27. The smallest absolute Gasteiger partial charge is 0.282 e. The molecular formula is C6H15BO. The Hall–Kier alpha value is 0.0249. The highest BCUT2D eigenvalue weighted by molar-refractivity contribution is 5.97. The van der Waals surface area contributed by atoms with Crippen molar-refractivity contribution in [3.05, 3.63) is 0 Å². The van der Waals surface area contributed by atoms with Crippen molar-refractivity contribution >= 4 is 8.05 Å². The Morgan fingerprint density at radius 3 is 1.62 bits per heavy atom. The molecule has 8 heavy (non-hydrogen) atoms. The summed E-state index contributed by atoms with van der Waals surface area (Å²) in [6.07, 6.45) is 1.31. The second-order valence-electron chi connectivity index (χ2n) is 2.04. The molecule has 0 atom stereocenters. The maximum Gasteiger partial charge on any atom is 0.282 e. The third kappa shape index (κ3) is 37.1. The monoisotopic (exact) mass is 114 g/mol. The van der Waals surface area contributed by atoms with Crippen LogP contribution in [0.3, 0.4) is 0 Å². The van der Waals surface area contributed by atoms with Crippen LogP contribution in [-0.2, 0) is 4.65 Å². The van der Waals surface area contributed by atoms with Gasteiger partial charge < -0.3 is 4.65 Å². The fraction of sp³-hybridized carbons (Fsp3) is 1.00. The average molecular weight is 114 g/mol. The molecule has 0 bridgehead atoms. The van der Waals surface area contributed by atoms with E-state index in [1.54, 1.807) is 0 Å². The van der Waals surface area contributed by atoms with Gasteiger partial charge in [-0.3, -0.25) is 0 Å². The van der Waals surface area contributed by atoms with Crippen molar-refractivity contribution in [3.8, 4) is 0 Å². The number of hydrogen-bond acceptors (Lipinski definition) is 1. The van der Waals surface area contributed by atoms with Crippen LogP contribution in [0.5, 0.6) is 0 Å². The molecule has 0 aliphatic carbocycles. The molecule has 0 aromatic carbocycles. The lowest BCUT2D eigenvalue weighted by Crippen LogP contribution is -1.77. The van der Waals surface area contributed by atoms with Gasteiger partial charge >= 0.3 is 0 Å². The first-order valence-corrected chi connectivity index (χ1v) is 2.91. The first-order chi connectivity index (χ1) is 3.68. The highest BCUT2D eigenvalue weighted by Crippen LogP contribution is 1.93. The van der Waals surface area contributed by atoms with E-state index < -0.39 is 0 Å². The van der Waals surface area contributed by atoms with Gasteiger partial charge in [-0.15, -0.1) is 0 Å². The Morgan fingerprint density at radius 2 is 1.62 bits per heavy atom. The van der Waals surface area contributed by atoms with Gasteiger partial charge in [-0.1, -0.05) is 27.2 Å². The van der Waals surface area contributed by atoms with E-state index in [9.17, 15) is 0 Å². The molecule has 1 nitrogen and oxygen atoms in total. The summed E-state index contributed by atoms with van der Waals surface area (Å²) in [5, 5.41) is 0. The van der Waals surface area contributed by atoms with Crippen LogP contribution in [0.15, 0.2) is 0 Å². The van der Waals surface area contributed by atoms with E-state index in [1.807, 2.05) is 0 Å². The van der Waals surface area contributed by atoms with Crippen LogP contribution in [0.25, 0.3) is 0 Å². The third-order valence-corrected chi connectivity index (χ3v) is 0.816. The average Bonchev–Trinajstić information content (AvgIpc) is 1.69. The van der Waals surface area contributed by atoms with Gasteiger partial charge in [-0.2, -0.15) is 0 Å². The predicted octanol–water partition coefficient (Wildman–Crippen LogP) is 1.77. The zero-order chi connectivity index (χ0) is 6.99. The summed E-state index contributed by atoms with van der Waals surface area (Å²) in [7, 11) is 5.75. The van der Waals surface area contributed by atoms with E-state index in [0.717, 1.165) is 5.92 Å². The molecule has 0 saturated heterocycles. The van der Waals surface area contributed by atoms with Crippen molar-refractivity contribution in [3.63, 3.8) is 0 Å². The molecule has 0 unspecified atom stereocenters. The summed E-state index contributed by atoms with van der Waals surface area (Å²) >= 11 is 0. The minimum Gasteiger partial charge on any atom is -0.450 e. The lowest BCUT2D eigenvalue weighted by atomic mass is 10.2. The van der Waals surface area contributed by atoms with Gasteiger partial charge in [0, 0.05) is 7.11 Å². The van der Waals surface area contributed by atoms with Gasteiger partial charge in [-0.25, -0.2) is 0 Å². The second-order valence-corrected chi connectivity index (χ2v) is 2.04. The standard InChI is InChI=1S/C5H12.CH3BO/c1-4-5(2)3;1-3-2/h5H,4H2,1-3H3;1H3. The first kappa shape index (κ1) is 10.9. The summed E-state index contributed by atoms with van der Waals surface area (Å²) in [4.78, 5) is 0. The summed E-state index contributed by atoms with van der Waals surface area (Å²) in [6, 6.07) is 0. The maximum atomic E-state index is 4.35. The molecule has 48 valence electrons. The van der Waals surface area contributed by atoms with Crippen molar-refractivity contribution in [2.24, 2.45) is 5.92 Å². The predicted molar refractivity (Wildman–Crippen MR) is 37.9 cm³/mol. The highest BCUT2D eigenvalue weighted by atomic mass is 16.4. The minimum atomic E-state index is 0.884. The molecular weight excluding hydrogens is 98.9 g/mol. The molecule has 0 heterocycles. The van der Waals surface area contributed by atoms with Gasteiger partial charge in [0.2, 0.25) is 0 Å². The lowest BCUT2D eigenvalue weighted by molar-refractivity contribution is 0.460. The van der Waals surface area contributed by atoms with Crippen molar-refractivity contribution < 1.29 is 4.65 Å². The number of rotatable bonds is 1. The Bertz CT molecular complexity index is 29.7. The molecule has 0 spiro atoms. The maximum absolute atomic E-state index is 4.35. The normalized spacial score (nSPS) is 8.12. The Labute approximate surface area is 53.9 Å². The SMILES string of the molecule is CCC(C)C.[B]OC. The van der Waals surface area contributed by atoms with Gasteiger partial charge in [0.25, 0.3) is 8.05 Å². The van der Waals surface area contributed by atoms with Gasteiger partial charge in [0.05, 0.1) is 0 Å². The lowest BCUT2D eigenvalue weighted by Gasteiger charge is -1.90. The summed E-state index contributed by atoms with van der Waals surface area (Å²) in [5.41, 5.74) is 0. The van der Waals surface area contributed by atoms with Crippen LogP contribution >= 0.6 is 0 Å². The second kappa shape index (κ2) is 10.1. The Kier molecular flexibility index (Phi) is 13.8. The quantitative estimate of drug-likeness (QED) is 0.472. The summed E-state index contributed by atoms with van der Waals surface area (Å²) in [6.45, 7) is 6.64. The molecule has 0 aliphatic rings. The molecule has 0 aliphatic heterocycles. The van der Waals surface area contributed by atoms with Crippen molar-refractivity contribution in [1.29, 1.82) is 0 Å². The third-order valence-electron chi connectivity index (χ3n) is 0.816. The van der Waals surface area contributed by atoms with Gasteiger partial charge in [0.15, 0.2) is 0 Å². The van der Waals surface area contributed by atoms with E-state index in [2.05, 4.69) is 33.5 Å². The molecule has 0 rings (SSSR count). The summed E-state index contributed by atoms with van der Waals surface area (Å²) < 4.78 is 3.75. The van der Waals surface area contributed by atoms with E-state index in [-0.39, 0.29) is 0 Å². The number of hydrogen-bond donors (Lipinski definition) is 0. The van der Waals surface area contributed by atoms with Crippen LogP contribution in [-0.4, -0.2) is 15.2 Å². The van der Waals surface area contributed by atoms with Crippen LogP contribution < -0.4 is 0 Å². The van der Waals surface area contributed by atoms with E-state index >= 15 is 0 Å². The van der Waals surface area contributed by atoms with E-state index in [1.165, 1.54) is 13.5 Å². The van der Waals surface area contributed by atoms with Crippen LogP contribution in [0.2, 0.25) is 0 Å². The Balaban J connectivity index is 0. The molecule has 0 fully saturated rings. The zero-order valence-electron chi connectivity index (χ0n) is 6.27. The van der Waals surface area contributed by atoms with Crippen molar-refractivity contribution in [2.45, 2.75) is 27.2 Å². The Morgan fingerprint density at radius 1 is 1.50 bits per heavy atom. The van der Waals surface area contributed by atoms with Crippen LogP contribution in [0.4, 0.5) is 0 Å². The van der Waals surface area contributed by atoms with Gasteiger partial charge in [0.1, 0.15) is 0 Å². The van der Waals surface area contributed by atoms with Crippen LogP contribution in [0.1, 0.15) is 27.2 Å². The topological polar surface area (TPSA) is 9.23 Å². The first-order valence-electron chi connectivity index (χ1n) is 2.91. The van der Waals surface area contributed by atoms with Gasteiger partial charge in [-0.05, 0) is 5.92 Å². The molecule has 0 aromatic rings. The minimum absolute atomic E-state index is 0.884. The fourth-order valence-electron chi connectivity index (χ4n) is 0. The fourth-order valence-corrected chi connectivity index (χ4v) is 0. The molecule has 0 saturated carbocycles. The molecule has 0 aromatic heterocycles. The van der Waals surface area contributed by atoms with Crippen molar-refractivity contribution in [2.75, 3.05) is 7.11 Å². The van der Waals surface area contributed by atoms with Crippen molar-refractivity contribution in [1.82, 2.24) is 0 Å². The highest BCUT2D eigenvalue weighted by Gasteiger charge is 1.80. The largest absolute Gasteiger partial charge is 0.450 e. The molecule has 0 N–H and O–H groups in total. The molecule has 2 radical (unpaired) electrons. The van der Waals surface area contributed by atoms with E-state index in [4.69, 9.17) is 0 Å². The molecule has 0 amide bonds. The molecule has 2 heteroatoms.